The zero-order valence-corrected chi connectivity index (χ0v) is 15.0. The summed E-state index contributed by atoms with van der Waals surface area (Å²) in [5.41, 5.74) is -0.187. The molecule has 1 aliphatic heterocycles. The lowest BCUT2D eigenvalue weighted by molar-refractivity contribution is -0.120. The van der Waals surface area contributed by atoms with Crippen molar-refractivity contribution in [2.75, 3.05) is 11.9 Å². The number of fused-ring (bicyclic) bond motifs is 1. The number of pyridine rings is 1. The highest BCUT2D eigenvalue weighted by molar-refractivity contribution is 7.12. The molecule has 2 amide bonds. The Labute approximate surface area is 148 Å². The van der Waals surface area contributed by atoms with Crippen molar-refractivity contribution in [3.8, 4) is 0 Å². The van der Waals surface area contributed by atoms with E-state index in [4.69, 9.17) is 4.74 Å². The molecule has 3 heterocycles. The van der Waals surface area contributed by atoms with Gasteiger partial charge in [0.05, 0.1) is 11.9 Å². The lowest BCUT2D eigenvalue weighted by Crippen LogP contribution is -2.45. The number of anilines is 1. The molecule has 0 aromatic carbocycles. The van der Waals surface area contributed by atoms with Gasteiger partial charge in [-0.15, -0.1) is 0 Å². The number of aromatic nitrogens is 2. The number of likely N-dealkylation sites (tertiary alicyclic amines) is 1. The Balaban J connectivity index is 1.76. The Kier molecular flexibility index (Phi) is 4.59. The summed E-state index contributed by atoms with van der Waals surface area (Å²) < 4.78 is 23.3. The second-order valence-electron chi connectivity index (χ2n) is 6.86. The topological polar surface area (TPSA) is 84.4 Å². The van der Waals surface area contributed by atoms with E-state index in [2.05, 4.69) is 14.7 Å². The third kappa shape index (κ3) is 3.87. The first-order chi connectivity index (χ1) is 11.7. The smallest absolute Gasteiger partial charge is 0.411 e. The van der Waals surface area contributed by atoms with Gasteiger partial charge in [-0.05, 0) is 44.4 Å². The van der Waals surface area contributed by atoms with Crippen LogP contribution in [0.5, 0.6) is 0 Å². The highest BCUT2D eigenvalue weighted by Crippen LogP contribution is 2.28. The molecule has 0 aliphatic carbocycles. The fraction of sp³-hybridized carbons (Fsp3) is 0.500. The van der Waals surface area contributed by atoms with Crippen LogP contribution in [0.25, 0.3) is 11.0 Å². The normalized spacial score (nSPS) is 20.7. The van der Waals surface area contributed by atoms with Gasteiger partial charge >= 0.3 is 6.09 Å². The zero-order valence-electron chi connectivity index (χ0n) is 14.2. The van der Waals surface area contributed by atoms with Crippen LogP contribution in [0.2, 0.25) is 0 Å². The van der Waals surface area contributed by atoms with Gasteiger partial charge in [-0.1, -0.05) is 0 Å². The molecule has 1 N–H and O–H groups in total. The molecule has 25 heavy (non-hydrogen) atoms. The Morgan fingerprint density at radius 1 is 1.44 bits per heavy atom. The molecule has 3 rings (SSSR count). The Bertz CT molecular complexity index is 804. The molecule has 1 aliphatic rings. The van der Waals surface area contributed by atoms with E-state index in [-0.39, 0.29) is 13.0 Å². The Hall–Kier alpha value is -2.29. The van der Waals surface area contributed by atoms with E-state index in [0.29, 0.717) is 16.0 Å². The molecule has 2 aromatic rings. The van der Waals surface area contributed by atoms with Crippen LogP contribution in [0.1, 0.15) is 27.2 Å². The highest BCUT2D eigenvalue weighted by atomic mass is 32.1. The van der Waals surface area contributed by atoms with Crippen LogP contribution in [0.4, 0.5) is 14.2 Å². The van der Waals surface area contributed by atoms with Crippen LogP contribution < -0.4 is 5.32 Å². The van der Waals surface area contributed by atoms with Gasteiger partial charge < -0.3 is 10.1 Å². The van der Waals surface area contributed by atoms with Crippen molar-refractivity contribution in [1.82, 2.24) is 14.3 Å². The minimum atomic E-state index is -1.26. The number of nitrogens with one attached hydrogen (secondary N) is 1. The molecule has 2 atom stereocenters. The fourth-order valence-corrected chi connectivity index (χ4v) is 3.35. The third-order valence-corrected chi connectivity index (χ3v) is 4.44. The summed E-state index contributed by atoms with van der Waals surface area (Å²) in [5.74, 6) is -0.458. The van der Waals surface area contributed by atoms with E-state index in [0.717, 1.165) is 16.4 Å². The van der Waals surface area contributed by atoms with Gasteiger partial charge in [0, 0.05) is 12.6 Å². The number of ether oxygens (including phenoxy) is 1. The van der Waals surface area contributed by atoms with Crippen LogP contribution in [-0.4, -0.2) is 50.6 Å². The molecule has 134 valence electrons. The molecule has 0 radical (unpaired) electrons. The standard InChI is InChI=1S/C16H19FN4O3S/c1-16(2,3)24-15(23)21-8-9(17)7-11(21)13(22)19-14-10-5-4-6-18-12(10)20-25-14/h4-6,9,11H,7-8H2,1-3H3,(H,19,22)/t9-,11-/m0/s1. The number of carbonyl (C=O) groups is 2. The van der Waals surface area contributed by atoms with Gasteiger partial charge in [-0.2, -0.15) is 4.37 Å². The Morgan fingerprint density at radius 3 is 2.92 bits per heavy atom. The van der Waals surface area contributed by atoms with Gasteiger partial charge in [0.25, 0.3) is 0 Å². The molecule has 0 saturated carbocycles. The quantitative estimate of drug-likeness (QED) is 0.883. The van der Waals surface area contributed by atoms with Crippen molar-refractivity contribution < 1.29 is 18.7 Å². The summed E-state index contributed by atoms with van der Waals surface area (Å²) in [4.78, 5) is 30.1. The van der Waals surface area contributed by atoms with Crippen molar-refractivity contribution in [1.29, 1.82) is 0 Å². The lowest BCUT2D eigenvalue weighted by Gasteiger charge is -2.27. The molecule has 0 unspecified atom stereocenters. The van der Waals surface area contributed by atoms with E-state index in [9.17, 15) is 14.0 Å². The molecule has 7 nitrogen and oxygen atoms in total. The molecule has 2 aromatic heterocycles. The molecule has 1 fully saturated rings. The minimum absolute atomic E-state index is 0.0555. The predicted octanol–water partition coefficient (Wildman–Crippen LogP) is 2.98. The Morgan fingerprint density at radius 2 is 2.20 bits per heavy atom. The maximum absolute atomic E-state index is 13.9. The van der Waals surface area contributed by atoms with Crippen LogP contribution in [0, 0.1) is 0 Å². The zero-order chi connectivity index (χ0) is 18.2. The van der Waals surface area contributed by atoms with Crippen molar-refractivity contribution in [2.24, 2.45) is 0 Å². The molecular weight excluding hydrogens is 347 g/mol. The van der Waals surface area contributed by atoms with E-state index >= 15 is 0 Å². The van der Waals surface area contributed by atoms with E-state index in [1.54, 1.807) is 39.1 Å². The number of hydrogen-bond donors (Lipinski definition) is 1. The van der Waals surface area contributed by atoms with Gasteiger partial charge in [0.15, 0.2) is 5.65 Å². The molecular formula is C16H19FN4O3S. The number of amides is 2. The van der Waals surface area contributed by atoms with Crippen molar-refractivity contribution in [3.63, 3.8) is 0 Å². The largest absolute Gasteiger partial charge is 0.444 e. The third-order valence-electron chi connectivity index (χ3n) is 3.67. The number of halogens is 1. The van der Waals surface area contributed by atoms with Crippen LogP contribution in [0.15, 0.2) is 18.3 Å². The summed E-state index contributed by atoms with van der Waals surface area (Å²) in [7, 11) is 0. The average Bonchev–Trinajstić information content (AvgIpc) is 3.10. The lowest BCUT2D eigenvalue weighted by atomic mass is 10.2. The predicted molar refractivity (Wildman–Crippen MR) is 92.3 cm³/mol. The first-order valence-electron chi connectivity index (χ1n) is 7.89. The first kappa shape index (κ1) is 17.5. The molecule has 0 spiro atoms. The van der Waals surface area contributed by atoms with Gasteiger partial charge in [0.1, 0.15) is 22.8 Å². The van der Waals surface area contributed by atoms with Crippen molar-refractivity contribution in [3.05, 3.63) is 18.3 Å². The number of hydrogen-bond acceptors (Lipinski definition) is 6. The summed E-state index contributed by atoms with van der Waals surface area (Å²) in [6, 6.07) is 2.62. The fourth-order valence-electron chi connectivity index (χ4n) is 2.63. The number of rotatable bonds is 2. The summed E-state index contributed by atoms with van der Waals surface area (Å²) >= 11 is 1.10. The minimum Gasteiger partial charge on any atom is -0.444 e. The number of alkyl halides is 1. The maximum atomic E-state index is 13.9. The molecule has 1 saturated heterocycles. The molecule has 9 heteroatoms. The van der Waals surface area contributed by atoms with E-state index in [1.165, 1.54) is 0 Å². The van der Waals surface area contributed by atoms with Gasteiger partial charge in [0.2, 0.25) is 5.91 Å². The average molecular weight is 366 g/mol. The first-order valence-corrected chi connectivity index (χ1v) is 8.67. The van der Waals surface area contributed by atoms with Crippen molar-refractivity contribution >= 4 is 39.6 Å². The summed E-state index contributed by atoms with van der Waals surface area (Å²) in [5, 5.41) is 3.97. The SMILES string of the molecule is CC(C)(C)OC(=O)N1C[C@@H](F)C[C@H]1C(=O)Nc1snc2ncccc12. The second kappa shape index (κ2) is 6.55. The van der Waals surface area contributed by atoms with Crippen molar-refractivity contribution in [2.45, 2.75) is 45.0 Å². The van der Waals surface area contributed by atoms with Gasteiger partial charge in [-0.25, -0.2) is 14.2 Å². The number of carbonyl (C=O) groups excluding carboxylic acids is 2. The van der Waals surface area contributed by atoms with Crippen LogP contribution in [0.3, 0.4) is 0 Å². The van der Waals surface area contributed by atoms with Gasteiger partial charge in [-0.3, -0.25) is 9.69 Å². The summed E-state index contributed by atoms with van der Waals surface area (Å²) in [6.07, 6.45) is -0.394. The number of nitrogens with zero attached hydrogens (tertiary/aromatic N) is 3. The van der Waals surface area contributed by atoms with E-state index in [1.807, 2.05) is 0 Å². The summed E-state index contributed by atoms with van der Waals surface area (Å²) in [6.45, 7) is 5.01. The van der Waals surface area contributed by atoms with E-state index < -0.39 is 29.8 Å². The second-order valence-corrected chi connectivity index (χ2v) is 7.63. The molecule has 0 bridgehead atoms. The monoisotopic (exact) mass is 366 g/mol. The van der Waals surface area contributed by atoms with Crippen LogP contribution >= 0.6 is 11.5 Å². The van der Waals surface area contributed by atoms with Crippen LogP contribution in [-0.2, 0) is 9.53 Å². The highest BCUT2D eigenvalue weighted by Gasteiger charge is 2.42. The maximum Gasteiger partial charge on any atom is 0.411 e.